The first-order valence-electron chi connectivity index (χ1n) is 12.3. The molecule has 0 aromatic heterocycles. The van der Waals surface area contributed by atoms with Crippen LogP contribution in [-0.4, -0.2) is 11.2 Å². The van der Waals surface area contributed by atoms with Crippen molar-refractivity contribution < 1.29 is 5.11 Å². The number of allylic oxidation sites excluding steroid dienone is 4. The molecule has 0 heterocycles. The lowest BCUT2D eigenvalue weighted by Gasteiger charge is -2.57. The molecule has 4 aliphatic carbocycles. The summed E-state index contributed by atoms with van der Waals surface area (Å²) in [5.41, 5.74) is 4.32. The van der Waals surface area contributed by atoms with E-state index in [1.807, 2.05) is 5.57 Å². The minimum absolute atomic E-state index is 0.0422. The molecule has 1 nitrogen and oxygen atoms in total. The average Bonchev–Trinajstić information content (AvgIpc) is 2.99. The molecule has 0 amide bonds. The Labute approximate surface area is 174 Å². The van der Waals surface area contributed by atoms with Crippen LogP contribution in [0.2, 0.25) is 0 Å². The highest BCUT2D eigenvalue weighted by molar-refractivity contribution is 5.27. The predicted molar refractivity (Wildman–Crippen MR) is 119 cm³/mol. The van der Waals surface area contributed by atoms with E-state index in [1.54, 1.807) is 0 Å². The van der Waals surface area contributed by atoms with Gasteiger partial charge in [0.15, 0.2) is 0 Å². The Morgan fingerprint density at radius 1 is 1.11 bits per heavy atom. The number of aliphatic hydroxyl groups is 1. The van der Waals surface area contributed by atoms with E-state index in [9.17, 15) is 5.11 Å². The summed E-state index contributed by atoms with van der Waals surface area (Å²) in [5.74, 6) is 4.11. The smallest absolute Gasteiger partial charge is 0.0543 e. The van der Waals surface area contributed by atoms with Crippen LogP contribution < -0.4 is 0 Å². The fraction of sp³-hybridized carbons (Fsp3) is 0.852. The third-order valence-corrected chi connectivity index (χ3v) is 9.99. The Bertz CT molecular complexity index is 641. The van der Waals surface area contributed by atoms with Gasteiger partial charge in [-0.05, 0) is 118 Å². The highest BCUT2D eigenvalue weighted by atomic mass is 16.3. The van der Waals surface area contributed by atoms with Gasteiger partial charge in [0.1, 0.15) is 0 Å². The van der Waals surface area contributed by atoms with E-state index in [-0.39, 0.29) is 6.10 Å². The van der Waals surface area contributed by atoms with Gasteiger partial charge in [-0.25, -0.2) is 0 Å². The van der Waals surface area contributed by atoms with Crippen LogP contribution in [0.3, 0.4) is 0 Å². The third kappa shape index (κ3) is 3.34. The molecule has 28 heavy (non-hydrogen) atoms. The fourth-order valence-electron chi connectivity index (χ4n) is 8.30. The third-order valence-electron chi connectivity index (χ3n) is 9.99. The lowest BCUT2D eigenvalue weighted by Crippen LogP contribution is -2.49. The van der Waals surface area contributed by atoms with Crippen LogP contribution in [0.25, 0.3) is 0 Å². The van der Waals surface area contributed by atoms with Crippen molar-refractivity contribution in [3.63, 3.8) is 0 Å². The molecule has 1 N–H and O–H groups in total. The van der Waals surface area contributed by atoms with E-state index in [0.717, 1.165) is 42.4 Å². The summed E-state index contributed by atoms with van der Waals surface area (Å²) in [5, 5.41) is 10.2. The first-order valence-corrected chi connectivity index (χ1v) is 12.3. The highest BCUT2D eigenvalue weighted by Gasteiger charge is 2.58. The molecule has 8 atom stereocenters. The summed E-state index contributed by atoms with van der Waals surface area (Å²) >= 11 is 0. The van der Waals surface area contributed by atoms with Gasteiger partial charge in [-0.1, -0.05) is 44.1 Å². The van der Waals surface area contributed by atoms with Gasteiger partial charge in [0.25, 0.3) is 0 Å². The van der Waals surface area contributed by atoms with Gasteiger partial charge >= 0.3 is 0 Å². The Morgan fingerprint density at radius 3 is 2.57 bits per heavy atom. The van der Waals surface area contributed by atoms with Crippen molar-refractivity contribution in [3.8, 4) is 0 Å². The molecule has 0 aliphatic heterocycles. The van der Waals surface area contributed by atoms with Crippen LogP contribution in [0, 0.1) is 40.4 Å². The molecular formula is C27H44O. The zero-order valence-corrected chi connectivity index (χ0v) is 19.1. The van der Waals surface area contributed by atoms with Crippen LogP contribution in [0.15, 0.2) is 23.3 Å². The Morgan fingerprint density at radius 2 is 1.82 bits per heavy atom. The minimum atomic E-state index is -0.0422. The molecule has 1 heteroatoms. The monoisotopic (exact) mass is 384 g/mol. The molecule has 3 saturated carbocycles. The second-order valence-electron chi connectivity index (χ2n) is 11.7. The zero-order valence-electron chi connectivity index (χ0n) is 19.1. The van der Waals surface area contributed by atoms with Crippen LogP contribution in [0.4, 0.5) is 0 Å². The van der Waals surface area contributed by atoms with Gasteiger partial charge < -0.3 is 5.11 Å². The number of hydrogen-bond donors (Lipinski definition) is 1. The maximum absolute atomic E-state index is 10.2. The quantitative estimate of drug-likeness (QED) is 0.504. The van der Waals surface area contributed by atoms with Gasteiger partial charge in [-0.3, -0.25) is 0 Å². The average molecular weight is 385 g/mol. The summed E-state index contributed by atoms with van der Waals surface area (Å²) in [6.45, 7) is 12.2. The van der Waals surface area contributed by atoms with Crippen molar-refractivity contribution in [3.05, 3.63) is 23.3 Å². The number of rotatable bonds is 4. The van der Waals surface area contributed by atoms with Crippen molar-refractivity contribution in [1.82, 2.24) is 0 Å². The van der Waals surface area contributed by atoms with E-state index in [0.29, 0.717) is 10.8 Å². The van der Waals surface area contributed by atoms with Gasteiger partial charge in [-0.15, -0.1) is 0 Å². The van der Waals surface area contributed by atoms with Crippen LogP contribution in [0.5, 0.6) is 0 Å². The molecule has 4 rings (SSSR count). The van der Waals surface area contributed by atoms with E-state index in [4.69, 9.17) is 0 Å². The largest absolute Gasteiger partial charge is 0.393 e. The molecule has 1 unspecified atom stereocenters. The maximum atomic E-state index is 10.2. The predicted octanol–water partition coefficient (Wildman–Crippen LogP) is 7.31. The van der Waals surface area contributed by atoms with E-state index >= 15 is 0 Å². The SMILES string of the molecule is CC(C)=CCC[C@@H](C)[C@H]1CC[C@H]2C3=CC[C@H]4CC(O)CC[C@]4(C)[C@H]3CC[C@]12C. The van der Waals surface area contributed by atoms with Crippen molar-refractivity contribution in [2.75, 3.05) is 0 Å². The van der Waals surface area contributed by atoms with E-state index in [2.05, 4.69) is 46.8 Å². The number of hydrogen-bond acceptors (Lipinski definition) is 1. The molecule has 0 aromatic rings. The summed E-state index contributed by atoms with van der Waals surface area (Å²) in [6, 6.07) is 0. The first kappa shape index (κ1) is 20.7. The van der Waals surface area contributed by atoms with Gasteiger partial charge in [0.05, 0.1) is 6.10 Å². The molecule has 0 aromatic carbocycles. The number of aliphatic hydroxyl groups excluding tert-OH is 1. The Kier molecular flexibility index (Phi) is 5.62. The summed E-state index contributed by atoms with van der Waals surface area (Å²) in [7, 11) is 0. The van der Waals surface area contributed by atoms with Crippen molar-refractivity contribution in [1.29, 1.82) is 0 Å². The summed E-state index contributed by atoms with van der Waals surface area (Å²) in [4.78, 5) is 0. The highest BCUT2D eigenvalue weighted by Crippen LogP contribution is 2.66. The fourth-order valence-corrected chi connectivity index (χ4v) is 8.30. The van der Waals surface area contributed by atoms with E-state index in [1.165, 1.54) is 56.9 Å². The normalized spacial score (nSPS) is 46.1. The van der Waals surface area contributed by atoms with Gasteiger partial charge in [0.2, 0.25) is 0 Å². The molecule has 0 radical (unpaired) electrons. The summed E-state index contributed by atoms with van der Waals surface area (Å²) < 4.78 is 0. The van der Waals surface area contributed by atoms with Gasteiger partial charge in [0, 0.05) is 0 Å². The minimum Gasteiger partial charge on any atom is -0.393 e. The second-order valence-corrected chi connectivity index (χ2v) is 11.7. The molecular weight excluding hydrogens is 340 g/mol. The molecule has 0 bridgehead atoms. The Hall–Kier alpha value is -0.560. The zero-order chi connectivity index (χ0) is 20.1. The van der Waals surface area contributed by atoms with Crippen molar-refractivity contribution >= 4 is 0 Å². The Balaban J connectivity index is 1.52. The maximum Gasteiger partial charge on any atom is 0.0543 e. The van der Waals surface area contributed by atoms with Crippen LogP contribution in [0.1, 0.15) is 98.8 Å². The summed E-state index contributed by atoms with van der Waals surface area (Å²) in [6.07, 6.45) is 17.9. The van der Waals surface area contributed by atoms with Crippen LogP contribution in [-0.2, 0) is 0 Å². The molecule has 158 valence electrons. The molecule has 0 saturated heterocycles. The lowest BCUT2D eigenvalue weighted by atomic mass is 9.47. The molecule has 0 spiro atoms. The lowest BCUT2D eigenvalue weighted by molar-refractivity contribution is -0.0426. The molecule has 3 fully saturated rings. The number of fused-ring (bicyclic) bond motifs is 5. The molecule has 4 aliphatic rings. The van der Waals surface area contributed by atoms with Crippen molar-refractivity contribution in [2.45, 2.75) is 105 Å². The second kappa shape index (κ2) is 7.60. The van der Waals surface area contributed by atoms with Gasteiger partial charge in [-0.2, -0.15) is 0 Å². The van der Waals surface area contributed by atoms with Crippen molar-refractivity contribution in [2.24, 2.45) is 40.4 Å². The van der Waals surface area contributed by atoms with Crippen LogP contribution >= 0.6 is 0 Å². The topological polar surface area (TPSA) is 20.2 Å². The standard InChI is InChI=1S/C27H44O/c1-18(2)7-6-8-19(3)23-11-12-24-22-10-9-20-17-21(28)13-15-26(20,4)25(22)14-16-27(23,24)5/h7,10,19-21,23-25,28H,6,8-9,11-17H2,1-5H3/t19-,20+,21?,23-,24+,25+,26+,27-/m1/s1. The first-order chi connectivity index (χ1) is 13.3. The van der Waals surface area contributed by atoms with E-state index < -0.39 is 0 Å².